The summed E-state index contributed by atoms with van der Waals surface area (Å²) in [5.74, 6) is 0.924. The number of rotatable bonds is 0. The molecule has 1 aromatic rings. The van der Waals surface area contributed by atoms with Crippen molar-refractivity contribution in [2.45, 2.75) is 32.2 Å². The number of piperidine rings is 1. The molecule has 0 bridgehead atoms. The number of carbonyl (C=O) groups is 1. The Hall–Kier alpha value is -1.58. The van der Waals surface area contributed by atoms with Crippen molar-refractivity contribution in [2.75, 3.05) is 22.9 Å². The molecule has 0 aromatic carbocycles. The van der Waals surface area contributed by atoms with Crippen molar-refractivity contribution < 1.29 is 4.79 Å². The van der Waals surface area contributed by atoms with Gasteiger partial charge in [-0.1, -0.05) is 0 Å². The highest BCUT2D eigenvalue weighted by molar-refractivity contribution is 5.95. The van der Waals surface area contributed by atoms with Gasteiger partial charge >= 0.3 is 0 Å². The lowest BCUT2D eigenvalue weighted by molar-refractivity contribution is -0.116. The van der Waals surface area contributed by atoms with Gasteiger partial charge < -0.3 is 4.90 Å². The topological polar surface area (TPSA) is 36.4 Å². The minimum absolute atomic E-state index is 0.0928. The first-order valence-electron chi connectivity index (χ1n) is 6.27. The Balaban J connectivity index is 2.05. The number of fused-ring (bicyclic) bond motifs is 3. The van der Waals surface area contributed by atoms with E-state index < -0.39 is 0 Å². The molecule has 4 heteroatoms. The average molecular weight is 231 g/mol. The van der Waals surface area contributed by atoms with E-state index in [1.807, 2.05) is 11.0 Å². The number of hydrogen-bond donors (Lipinski definition) is 0. The number of anilines is 2. The van der Waals surface area contributed by atoms with E-state index >= 15 is 0 Å². The number of aromatic nitrogens is 1. The third-order valence-electron chi connectivity index (χ3n) is 3.73. The van der Waals surface area contributed by atoms with Crippen LogP contribution in [0, 0.1) is 0 Å². The molecule has 0 aliphatic carbocycles. The van der Waals surface area contributed by atoms with Crippen LogP contribution in [0.25, 0.3) is 0 Å². The van der Waals surface area contributed by atoms with Gasteiger partial charge in [-0.2, -0.15) is 0 Å². The van der Waals surface area contributed by atoms with Gasteiger partial charge in [-0.05, 0) is 31.4 Å². The maximum absolute atomic E-state index is 11.7. The highest BCUT2D eigenvalue weighted by Crippen LogP contribution is 2.36. The molecular weight excluding hydrogens is 214 g/mol. The molecule has 1 amide bonds. The molecule has 1 unspecified atom stereocenters. The highest BCUT2D eigenvalue weighted by atomic mass is 16.2. The Morgan fingerprint density at radius 3 is 3.18 bits per heavy atom. The minimum atomic E-state index is 0.0928. The van der Waals surface area contributed by atoms with Crippen molar-refractivity contribution in [1.29, 1.82) is 0 Å². The van der Waals surface area contributed by atoms with E-state index in [-0.39, 0.29) is 5.91 Å². The summed E-state index contributed by atoms with van der Waals surface area (Å²) in [7, 11) is 0. The Bertz CT molecular complexity index is 446. The average Bonchev–Trinajstić information content (AvgIpc) is 2.37. The zero-order chi connectivity index (χ0) is 11.8. The number of nitrogens with zero attached hydrogens (tertiary/aromatic N) is 3. The van der Waals surface area contributed by atoms with Crippen molar-refractivity contribution in [2.24, 2.45) is 0 Å². The van der Waals surface area contributed by atoms with Crippen LogP contribution in [0.4, 0.5) is 11.5 Å². The maximum atomic E-state index is 11.7. The molecule has 0 spiro atoms. The van der Waals surface area contributed by atoms with E-state index in [9.17, 15) is 4.79 Å². The first kappa shape index (κ1) is 10.6. The van der Waals surface area contributed by atoms with E-state index in [0.29, 0.717) is 6.04 Å². The standard InChI is InChI=1S/C13H17N3O/c1-10(17)16-9-11-5-2-3-8-15(11)12-6-4-7-14-13(12)16/h4,6-7,11H,2-3,5,8-9H2,1H3. The monoisotopic (exact) mass is 231 g/mol. The molecule has 3 heterocycles. The fourth-order valence-corrected chi connectivity index (χ4v) is 2.90. The quantitative estimate of drug-likeness (QED) is 0.683. The molecule has 1 aromatic heterocycles. The predicted octanol–water partition coefficient (Wildman–Crippen LogP) is 1.81. The van der Waals surface area contributed by atoms with Crippen LogP contribution >= 0.6 is 0 Å². The Morgan fingerprint density at radius 2 is 2.35 bits per heavy atom. The number of amides is 1. The number of hydrogen-bond acceptors (Lipinski definition) is 3. The second-order valence-electron chi connectivity index (χ2n) is 4.82. The van der Waals surface area contributed by atoms with Crippen LogP contribution in [0.1, 0.15) is 26.2 Å². The first-order valence-corrected chi connectivity index (χ1v) is 6.27. The fraction of sp³-hybridized carbons (Fsp3) is 0.538. The van der Waals surface area contributed by atoms with Crippen LogP contribution in [0.3, 0.4) is 0 Å². The van der Waals surface area contributed by atoms with Crippen LogP contribution in [-0.2, 0) is 4.79 Å². The maximum Gasteiger partial charge on any atom is 0.225 e. The van der Waals surface area contributed by atoms with Crippen molar-refractivity contribution in [3.8, 4) is 0 Å². The molecule has 3 rings (SSSR count). The second-order valence-corrected chi connectivity index (χ2v) is 4.82. The molecule has 90 valence electrons. The number of carbonyl (C=O) groups excluding carboxylic acids is 1. The summed E-state index contributed by atoms with van der Waals surface area (Å²) in [4.78, 5) is 20.3. The molecule has 4 nitrogen and oxygen atoms in total. The van der Waals surface area contributed by atoms with Crippen LogP contribution in [0.15, 0.2) is 18.3 Å². The van der Waals surface area contributed by atoms with Crippen LogP contribution in [0.2, 0.25) is 0 Å². The van der Waals surface area contributed by atoms with Gasteiger partial charge in [-0.25, -0.2) is 4.98 Å². The van der Waals surface area contributed by atoms with Crippen LogP contribution in [-0.4, -0.2) is 30.0 Å². The summed E-state index contributed by atoms with van der Waals surface area (Å²) in [6, 6.07) is 4.51. The zero-order valence-electron chi connectivity index (χ0n) is 10.1. The lowest BCUT2D eigenvalue weighted by atomic mass is 9.98. The lowest BCUT2D eigenvalue weighted by Crippen LogP contribution is -2.52. The van der Waals surface area contributed by atoms with Crippen molar-refractivity contribution in [3.05, 3.63) is 18.3 Å². The van der Waals surface area contributed by atoms with Crippen molar-refractivity contribution in [3.63, 3.8) is 0 Å². The predicted molar refractivity (Wildman–Crippen MR) is 67.2 cm³/mol. The zero-order valence-corrected chi connectivity index (χ0v) is 10.1. The van der Waals surface area contributed by atoms with Gasteiger partial charge in [0.15, 0.2) is 5.82 Å². The minimum Gasteiger partial charge on any atom is -0.364 e. The van der Waals surface area contributed by atoms with Crippen molar-refractivity contribution in [1.82, 2.24) is 4.98 Å². The van der Waals surface area contributed by atoms with E-state index in [2.05, 4.69) is 16.0 Å². The fourth-order valence-electron chi connectivity index (χ4n) is 2.90. The molecule has 1 fully saturated rings. The second kappa shape index (κ2) is 4.02. The largest absolute Gasteiger partial charge is 0.364 e. The lowest BCUT2D eigenvalue weighted by Gasteiger charge is -2.45. The molecular formula is C13H17N3O. The van der Waals surface area contributed by atoms with Gasteiger partial charge in [0.2, 0.25) is 5.91 Å². The normalized spacial score (nSPS) is 23.0. The molecule has 17 heavy (non-hydrogen) atoms. The smallest absolute Gasteiger partial charge is 0.225 e. The van der Waals surface area contributed by atoms with Gasteiger partial charge in [-0.15, -0.1) is 0 Å². The molecule has 2 aliphatic rings. The summed E-state index contributed by atoms with van der Waals surface area (Å²) in [5.41, 5.74) is 1.12. The van der Waals surface area contributed by atoms with Gasteiger partial charge in [-0.3, -0.25) is 9.69 Å². The Kier molecular flexibility index (Phi) is 2.50. The molecule has 0 radical (unpaired) electrons. The van der Waals surface area contributed by atoms with Crippen LogP contribution in [0.5, 0.6) is 0 Å². The van der Waals surface area contributed by atoms with Gasteiger partial charge in [0.1, 0.15) is 0 Å². The summed E-state index contributed by atoms with van der Waals surface area (Å²) in [5, 5.41) is 0. The third-order valence-corrected chi connectivity index (χ3v) is 3.73. The van der Waals surface area contributed by atoms with E-state index in [1.165, 1.54) is 19.3 Å². The highest BCUT2D eigenvalue weighted by Gasteiger charge is 2.34. The first-order chi connectivity index (χ1) is 8.27. The van der Waals surface area contributed by atoms with Crippen molar-refractivity contribution >= 4 is 17.4 Å². The number of pyridine rings is 1. The van der Waals surface area contributed by atoms with Gasteiger partial charge in [0, 0.05) is 32.3 Å². The third kappa shape index (κ3) is 1.68. The molecule has 2 aliphatic heterocycles. The van der Waals surface area contributed by atoms with Gasteiger partial charge in [0.25, 0.3) is 0 Å². The summed E-state index contributed by atoms with van der Waals surface area (Å²) >= 11 is 0. The van der Waals surface area contributed by atoms with E-state index in [0.717, 1.165) is 24.6 Å². The van der Waals surface area contributed by atoms with Gasteiger partial charge in [0.05, 0.1) is 5.69 Å². The molecule has 1 saturated heterocycles. The Morgan fingerprint density at radius 1 is 1.47 bits per heavy atom. The van der Waals surface area contributed by atoms with Crippen LogP contribution < -0.4 is 9.80 Å². The summed E-state index contributed by atoms with van der Waals surface area (Å²) < 4.78 is 0. The Labute approximate surface area is 101 Å². The molecule has 1 atom stereocenters. The van der Waals surface area contributed by atoms with E-state index in [4.69, 9.17) is 0 Å². The SMILES string of the molecule is CC(=O)N1CC2CCCCN2c2cccnc21. The molecule has 0 N–H and O–H groups in total. The molecule has 0 saturated carbocycles. The van der Waals surface area contributed by atoms with E-state index in [1.54, 1.807) is 13.1 Å². The summed E-state index contributed by atoms with van der Waals surface area (Å²) in [6.07, 6.45) is 5.45. The summed E-state index contributed by atoms with van der Waals surface area (Å²) in [6.45, 7) is 3.51.